The minimum atomic E-state index is -0.416. The van der Waals surface area contributed by atoms with Gasteiger partial charge in [-0.3, -0.25) is 9.69 Å². The summed E-state index contributed by atoms with van der Waals surface area (Å²) in [6, 6.07) is 12.0. The first-order valence-electron chi connectivity index (χ1n) is 9.85. The number of hydrogen-bond donors (Lipinski definition) is 3. The van der Waals surface area contributed by atoms with Crippen molar-refractivity contribution in [1.29, 1.82) is 0 Å². The molecule has 0 saturated carbocycles. The molecule has 1 fully saturated rings. The zero-order valence-electron chi connectivity index (χ0n) is 16.4. The number of rotatable bonds is 8. The lowest BCUT2D eigenvalue weighted by atomic mass is 10.1. The van der Waals surface area contributed by atoms with Crippen LogP contribution in [-0.4, -0.2) is 42.9 Å². The van der Waals surface area contributed by atoms with E-state index in [1.807, 2.05) is 23.5 Å². The number of benzene rings is 1. The molecular formula is C21H29N5OS. The first-order valence-corrected chi connectivity index (χ1v) is 10.7. The lowest BCUT2D eigenvalue weighted by Gasteiger charge is -2.27. The SMILES string of the molecule is CCNC(=NCc1cccc(C(N)=O)c1)NCC(c1cccs1)N1CCCC1. The Hall–Kier alpha value is -2.38. The zero-order valence-corrected chi connectivity index (χ0v) is 17.2. The van der Waals surface area contributed by atoms with Crippen molar-refractivity contribution in [3.63, 3.8) is 0 Å². The van der Waals surface area contributed by atoms with Gasteiger partial charge in [-0.15, -0.1) is 11.3 Å². The van der Waals surface area contributed by atoms with E-state index >= 15 is 0 Å². The molecular weight excluding hydrogens is 370 g/mol. The highest BCUT2D eigenvalue weighted by molar-refractivity contribution is 7.10. The number of guanidine groups is 1. The summed E-state index contributed by atoms with van der Waals surface area (Å²) < 4.78 is 0. The number of amides is 1. The average Bonchev–Trinajstić information content (AvgIpc) is 3.41. The van der Waals surface area contributed by atoms with Gasteiger partial charge < -0.3 is 16.4 Å². The molecule has 2 heterocycles. The van der Waals surface area contributed by atoms with Gasteiger partial charge >= 0.3 is 0 Å². The van der Waals surface area contributed by atoms with Crippen LogP contribution in [0.15, 0.2) is 46.8 Å². The Morgan fingerprint density at radius 1 is 1.25 bits per heavy atom. The van der Waals surface area contributed by atoms with Crippen LogP contribution in [0.2, 0.25) is 0 Å². The topological polar surface area (TPSA) is 82.7 Å². The second kappa shape index (κ2) is 10.2. The second-order valence-electron chi connectivity index (χ2n) is 6.91. The van der Waals surface area contributed by atoms with Gasteiger partial charge in [0.25, 0.3) is 0 Å². The number of aliphatic imine (C=N–C) groups is 1. The summed E-state index contributed by atoms with van der Waals surface area (Å²) >= 11 is 1.81. The summed E-state index contributed by atoms with van der Waals surface area (Å²) in [5, 5.41) is 8.96. The lowest BCUT2D eigenvalue weighted by molar-refractivity contribution is 0.1000. The largest absolute Gasteiger partial charge is 0.366 e. The van der Waals surface area contributed by atoms with Gasteiger partial charge in [0.15, 0.2) is 5.96 Å². The van der Waals surface area contributed by atoms with Crippen LogP contribution in [0.5, 0.6) is 0 Å². The maximum Gasteiger partial charge on any atom is 0.248 e. The van der Waals surface area contributed by atoms with Crippen LogP contribution in [0.4, 0.5) is 0 Å². The third-order valence-corrected chi connectivity index (χ3v) is 5.86. The quantitative estimate of drug-likeness (QED) is 0.471. The van der Waals surface area contributed by atoms with E-state index in [1.54, 1.807) is 12.1 Å². The van der Waals surface area contributed by atoms with Gasteiger partial charge in [0.2, 0.25) is 5.91 Å². The Bertz CT molecular complexity index is 784. The number of carbonyl (C=O) groups is 1. The van der Waals surface area contributed by atoms with Gasteiger partial charge in [-0.05, 0) is 62.0 Å². The molecule has 0 radical (unpaired) electrons. The van der Waals surface area contributed by atoms with Crippen molar-refractivity contribution in [2.45, 2.75) is 32.4 Å². The van der Waals surface area contributed by atoms with Crippen LogP contribution in [0.25, 0.3) is 0 Å². The van der Waals surface area contributed by atoms with Gasteiger partial charge in [-0.1, -0.05) is 18.2 Å². The molecule has 1 saturated heterocycles. The molecule has 1 aromatic heterocycles. The number of nitrogens with one attached hydrogen (secondary N) is 2. The molecule has 1 amide bonds. The zero-order chi connectivity index (χ0) is 19.8. The van der Waals surface area contributed by atoms with Gasteiger partial charge in [-0.2, -0.15) is 0 Å². The predicted octanol–water partition coefficient (Wildman–Crippen LogP) is 2.74. The molecule has 1 aliphatic heterocycles. The molecule has 6 nitrogen and oxygen atoms in total. The fraction of sp³-hybridized carbons (Fsp3) is 0.429. The van der Waals surface area contributed by atoms with Crippen LogP contribution in [0.1, 0.15) is 46.6 Å². The minimum absolute atomic E-state index is 0.365. The molecule has 1 aliphatic rings. The second-order valence-corrected chi connectivity index (χ2v) is 7.89. The van der Waals surface area contributed by atoms with Crippen LogP contribution in [-0.2, 0) is 6.54 Å². The summed E-state index contributed by atoms with van der Waals surface area (Å²) in [5.74, 6) is 0.369. The maximum atomic E-state index is 11.4. The number of hydrogen-bond acceptors (Lipinski definition) is 4. The number of likely N-dealkylation sites (tertiary alicyclic amines) is 1. The van der Waals surface area contributed by atoms with E-state index in [1.165, 1.54) is 17.7 Å². The van der Waals surface area contributed by atoms with Crippen molar-refractivity contribution in [3.8, 4) is 0 Å². The van der Waals surface area contributed by atoms with E-state index in [2.05, 4.69) is 40.0 Å². The minimum Gasteiger partial charge on any atom is -0.366 e. The van der Waals surface area contributed by atoms with Crippen molar-refractivity contribution in [2.75, 3.05) is 26.2 Å². The maximum absolute atomic E-state index is 11.4. The molecule has 1 aromatic carbocycles. The van der Waals surface area contributed by atoms with Gasteiger partial charge in [0.1, 0.15) is 0 Å². The molecule has 7 heteroatoms. The summed E-state index contributed by atoms with van der Waals surface area (Å²) in [4.78, 5) is 20.0. The molecule has 1 atom stereocenters. The number of nitrogens with two attached hydrogens (primary N) is 1. The fourth-order valence-electron chi connectivity index (χ4n) is 3.47. The van der Waals surface area contributed by atoms with Crippen molar-refractivity contribution in [3.05, 3.63) is 57.8 Å². The van der Waals surface area contributed by atoms with E-state index in [9.17, 15) is 4.79 Å². The Balaban J connectivity index is 1.66. The summed E-state index contributed by atoms with van der Waals surface area (Å²) in [5.41, 5.74) is 6.84. The van der Waals surface area contributed by atoms with Crippen molar-refractivity contribution in [1.82, 2.24) is 15.5 Å². The predicted molar refractivity (Wildman–Crippen MR) is 116 cm³/mol. The molecule has 0 bridgehead atoms. The van der Waals surface area contributed by atoms with Gasteiger partial charge in [-0.25, -0.2) is 4.99 Å². The van der Waals surface area contributed by atoms with Gasteiger partial charge in [0, 0.05) is 23.5 Å². The Labute approximate surface area is 170 Å². The average molecular weight is 400 g/mol. The van der Waals surface area contributed by atoms with Crippen molar-refractivity contribution < 1.29 is 4.79 Å². The van der Waals surface area contributed by atoms with E-state index in [4.69, 9.17) is 10.7 Å². The summed E-state index contributed by atoms with van der Waals surface area (Å²) in [7, 11) is 0. The van der Waals surface area contributed by atoms with E-state index in [-0.39, 0.29) is 0 Å². The van der Waals surface area contributed by atoms with Crippen LogP contribution < -0.4 is 16.4 Å². The number of thiophene rings is 1. The van der Waals surface area contributed by atoms with Crippen LogP contribution in [0, 0.1) is 0 Å². The van der Waals surface area contributed by atoms with E-state index < -0.39 is 5.91 Å². The lowest BCUT2D eigenvalue weighted by Crippen LogP contribution is -2.42. The van der Waals surface area contributed by atoms with Crippen LogP contribution >= 0.6 is 11.3 Å². The number of primary amides is 1. The first kappa shape index (κ1) is 20.4. The first-order chi connectivity index (χ1) is 13.7. The molecule has 28 heavy (non-hydrogen) atoms. The smallest absolute Gasteiger partial charge is 0.248 e. The highest BCUT2D eigenvalue weighted by atomic mass is 32.1. The monoisotopic (exact) mass is 399 g/mol. The Morgan fingerprint density at radius 3 is 2.75 bits per heavy atom. The highest BCUT2D eigenvalue weighted by Crippen LogP contribution is 2.27. The van der Waals surface area contributed by atoms with Crippen molar-refractivity contribution in [2.24, 2.45) is 10.7 Å². The molecule has 4 N–H and O–H groups in total. The fourth-order valence-corrected chi connectivity index (χ4v) is 4.33. The summed E-state index contributed by atoms with van der Waals surface area (Å²) in [6.45, 7) is 6.45. The third kappa shape index (κ3) is 5.56. The Kier molecular flexibility index (Phi) is 7.45. The Morgan fingerprint density at radius 2 is 2.07 bits per heavy atom. The molecule has 1 unspecified atom stereocenters. The molecule has 150 valence electrons. The standard InChI is InChI=1S/C21H29N5OS/c1-2-23-21(24-14-16-7-5-8-17(13-16)20(22)27)25-15-18(19-9-6-12-28-19)26-10-3-4-11-26/h5-9,12-13,18H,2-4,10-11,14-15H2,1H3,(H2,22,27)(H2,23,24,25). The van der Waals surface area contributed by atoms with Crippen molar-refractivity contribution >= 4 is 23.2 Å². The van der Waals surface area contributed by atoms with Gasteiger partial charge in [0.05, 0.1) is 12.6 Å². The number of nitrogens with zero attached hydrogens (tertiary/aromatic N) is 2. The highest BCUT2D eigenvalue weighted by Gasteiger charge is 2.24. The molecule has 2 aromatic rings. The molecule has 3 rings (SSSR count). The summed E-state index contributed by atoms with van der Waals surface area (Å²) in [6.07, 6.45) is 2.54. The van der Waals surface area contributed by atoms with E-state index in [0.29, 0.717) is 18.2 Å². The van der Waals surface area contributed by atoms with E-state index in [0.717, 1.165) is 37.7 Å². The number of carbonyl (C=O) groups excluding carboxylic acids is 1. The normalized spacial score (nSPS) is 16.1. The molecule has 0 aliphatic carbocycles. The third-order valence-electron chi connectivity index (χ3n) is 4.89. The van der Waals surface area contributed by atoms with Crippen LogP contribution in [0.3, 0.4) is 0 Å². The molecule has 0 spiro atoms.